The lowest BCUT2D eigenvalue weighted by Crippen LogP contribution is -1.65. The van der Waals surface area contributed by atoms with Crippen molar-refractivity contribution >= 4 is 27.6 Å². The van der Waals surface area contributed by atoms with Crippen LogP contribution in [0, 0.1) is 0 Å². The molecule has 4 heteroatoms. The molecule has 0 saturated carbocycles. The van der Waals surface area contributed by atoms with Gasteiger partial charge in [-0.3, -0.25) is 0 Å². The van der Waals surface area contributed by atoms with E-state index in [9.17, 15) is 0 Å². The van der Waals surface area contributed by atoms with Gasteiger partial charge < -0.3 is 4.42 Å². The molecule has 0 spiro atoms. The summed E-state index contributed by atoms with van der Waals surface area (Å²) in [5, 5.41) is 5.66. The maximum absolute atomic E-state index is 8.36. The van der Waals surface area contributed by atoms with Gasteiger partial charge in [0.2, 0.25) is 0 Å². The first-order chi connectivity index (χ1) is 7.88. The maximum Gasteiger partial charge on any atom is 0.135 e. The molecule has 0 aliphatic carbocycles. The Hall–Kier alpha value is -2.45. The van der Waals surface area contributed by atoms with E-state index in [1.54, 1.807) is 12.1 Å². The molecule has 76 valence electrons. The number of nitrogens with zero attached hydrogens (tertiary/aromatic N) is 3. The third-order valence-electron chi connectivity index (χ3n) is 2.52. The summed E-state index contributed by atoms with van der Waals surface area (Å²) in [5.41, 5.74) is 10.5. The van der Waals surface area contributed by atoms with E-state index in [2.05, 4.69) is 10.0 Å². The Morgan fingerprint density at radius 3 is 2.69 bits per heavy atom. The van der Waals surface area contributed by atoms with Crippen LogP contribution in [-0.4, -0.2) is 0 Å². The Kier molecular flexibility index (Phi) is 1.82. The Labute approximate surface area is 90.7 Å². The minimum Gasteiger partial charge on any atom is -0.456 e. The first kappa shape index (κ1) is 8.83. The zero-order valence-electron chi connectivity index (χ0n) is 8.29. The van der Waals surface area contributed by atoms with Gasteiger partial charge in [-0.1, -0.05) is 35.4 Å². The lowest BCUT2D eigenvalue weighted by molar-refractivity contribution is 0.669. The lowest BCUT2D eigenvalue weighted by Gasteiger charge is -1.90. The van der Waals surface area contributed by atoms with E-state index in [0.717, 1.165) is 21.9 Å². The zero-order valence-corrected chi connectivity index (χ0v) is 8.29. The van der Waals surface area contributed by atoms with Gasteiger partial charge in [0.25, 0.3) is 0 Å². The summed E-state index contributed by atoms with van der Waals surface area (Å²) in [7, 11) is 0. The van der Waals surface area contributed by atoms with Crippen LogP contribution in [0.5, 0.6) is 0 Å². The summed E-state index contributed by atoms with van der Waals surface area (Å²) in [6, 6.07) is 13.3. The van der Waals surface area contributed by atoms with Gasteiger partial charge in [-0.25, -0.2) is 0 Å². The van der Waals surface area contributed by atoms with Crippen LogP contribution in [0.3, 0.4) is 0 Å². The van der Waals surface area contributed by atoms with Crippen molar-refractivity contribution in [1.29, 1.82) is 0 Å². The van der Waals surface area contributed by atoms with Crippen molar-refractivity contribution in [2.75, 3.05) is 0 Å². The molecular formula is C12H7N3O. The number of hydrogen-bond acceptors (Lipinski definition) is 2. The van der Waals surface area contributed by atoms with Crippen molar-refractivity contribution in [2.45, 2.75) is 0 Å². The van der Waals surface area contributed by atoms with Gasteiger partial charge in [0.1, 0.15) is 11.2 Å². The third-order valence-corrected chi connectivity index (χ3v) is 2.52. The molecule has 0 unspecified atom stereocenters. The summed E-state index contributed by atoms with van der Waals surface area (Å²) in [5.74, 6) is 0. The number of furan rings is 1. The van der Waals surface area contributed by atoms with E-state index in [1.807, 2.05) is 30.3 Å². The summed E-state index contributed by atoms with van der Waals surface area (Å²) in [6.45, 7) is 0. The van der Waals surface area contributed by atoms with Crippen LogP contribution >= 0.6 is 0 Å². The minimum absolute atomic E-state index is 0.564. The number of fused-ring (bicyclic) bond motifs is 3. The third kappa shape index (κ3) is 1.21. The zero-order chi connectivity index (χ0) is 11.0. The van der Waals surface area contributed by atoms with Gasteiger partial charge in [-0.15, -0.1) is 0 Å². The van der Waals surface area contributed by atoms with Crippen LogP contribution in [0.4, 0.5) is 5.69 Å². The summed E-state index contributed by atoms with van der Waals surface area (Å²) in [4.78, 5) is 2.75. The predicted molar refractivity (Wildman–Crippen MR) is 62.5 cm³/mol. The Balaban J connectivity index is 2.41. The SMILES string of the molecule is [N-]=[N+]=Nc1ccc2c(c1)oc1ccccc12. The molecule has 0 atom stereocenters. The molecule has 0 aliphatic heterocycles. The van der Waals surface area contributed by atoms with Crippen molar-refractivity contribution < 1.29 is 4.42 Å². The summed E-state index contributed by atoms with van der Waals surface area (Å²) < 4.78 is 5.66. The topological polar surface area (TPSA) is 61.9 Å². The first-order valence-electron chi connectivity index (χ1n) is 4.85. The molecule has 1 heterocycles. The molecule has 0 fully saturated rings. The lowest BCUT2D eigenvalue weighted by atomic mass is 10.1. The monoisotopic (exact) mass is 209 g/mol. The minimum atomic E-state index is 0.564. The Morgan fingerprint density at radius 2 is 1.81 bits per heavy atom. The van der Waals surface area contributed by atoms with Crippen LogP contribution in [0.1, 0.15) is 0 Å². The van der Waals surface area contributed by atoms with E-state index in [4.69, 9.17) is 9.95 Å². The van der Waals surface area contributed by atoms with Crippen LogP contribution in [0.15, 0.2) is 52.0 Å². The molecule has 0 radical (unpaired) electrons. The molecule has 3 aromatic rings. The fourth-order valence-electron chi connectivity index (χ4n) is 1.83. The van der Waals surface area contributed by atoms with Crippen molar-refractivity contribution in [3.05, 3.63) is 52.9 Å². The van der Waals surface area contributed by atoms with Crippen molar-refractivity contribution in [2.24, 2.45) is 5.11 Å². The van der Waals surface area contributed by atoms with Gasteiger partial charge in [0.15, 0.2) is 0 Å². The number of hydrogen-bond donors (Lipinski definition) is 0. The predicted octanol–water partition coefficient (Wildman–Crippen LogP) is 4.53. The normalized spacial score (nSPS) is 10.5. The van der Waals surface area contributed by atoms with Crippen molar-refractivity contribution in [3.8, 4) is 0 Å². The molecule has 1 aromatic heterocycles. The molecule has 0 N–H and O–H groups in total. The second-order valence-corrected chi connectivity index (χ2v) is 3.47. The Bertz CT molecular complexity index is 723. The van der Waals surface area contributed by atoms with E-state index >= 15 is 0 Å². The fourth-order valence-corrected chi connectivity index (χ4v) is 1.83. The summed E-state index contributed by atoms with van der Waals surface area (Å²) in [6.07, 6.45) is 0. The maximum atomic E-state index is 8.36. The highest BCUT2D eigenvalue weighted by Crippen LogP contribution is 2.30. The molecular weight excluding hydrogens is 202 g/mol. The van der Waals surface area contributed by atoms with Gasteiger partial charge in [0, 0.05) is 21.4 Å². The van der Waals surface area contributed by atoms with E-state index < -0.39 is 0 Å². The molecule has 0 aliphatic rings. The van der Waals surface area contributed by atoms with Crippen LogP contribution in [-0.2, 0) is 0 Å². The Morgan fingerprint density at radius 1 is 1.00 bits per heavy atom. The van der Waals surface area contributed by atoms with Gasteiger partial charge in [-0.2, -0.15) is 0 Å². The van der Waals surface area contributed by atoms with Gasteiger partial charge in [-0.05, 0) is 17.7 Å². The molecule has 2 aromatic carbocycles. The van der Waals surface area contributed by atoms with Crippen molar-refractivity contribution in [1.82, 2.24) is 0 Å². The highest BCUT2D eigenvalue weighted by molar-refractivity contribution is 6.05. The van der Waals surface area contributed by atoms with E-state index in [0.29, 0.717) is 5.69 Å². The van der Waals surface area contributed by atoms with E-state index in [1.165, 1.54) is 0 Å². The number of benzene rings is 2. The quantitative estimate of drug-likeness (QED) is 0.330. The first-order valence-corrected chi connectivity index (χ1v) is 4.85. The molecule has 4 nitrogen and oxygen atoms in total. The number of para-hydroxylation sites is 1. The molecule has 16 heavy (non-hydrogen) atoms. The van der Waals surface area contributed by atoms with Gasteiger partial charge in [0.05, 0.1) is 0 Å². The second kappa shape index (κ2) is 3.29. The van der Waals surface area contributed by atoms with Crippen LogP contribution in [0.2, 0.25) is 0 Å². The summed E-state index contributed by atoms with van der Waals surface area (Å²) >= 11 is 0. The second-order valence-electron chi connectivity index (χ2n) is 3.47. The number of rotatable bonds is 1. The van der Waals surface area contributed by atoms with Crippen LogP contribution in [0.25, 0.3) is 32.4 Å². The van der Waals surface area contributed by atoms with Crippen molar-refractivity contribution in [3.63, 3.8) is 0 Å². The molecule has 0 amide bonds. The average Bonchev–Trinajstić information content (AvgIpc) is 2.67. The molecule has 0 bridgehead atoms. The largest absolute Gasteiger partial charge is 0.456 e. The fraction of sp³-hybridized carbons (Fsp3) is 0. The highest BCUT2D eigenvalue weighted by atomic mass is 16.3. The van der Waals surface area contributed by atoms with Gasteiger partial charge >= 0.3 is 0 Å². The van der Waals surface area contributed by atoms with Crippen LogP contribution < -0.4 is 0 Å². The standard InChI is InChI=1S/C12H7N3O/c13-15-14-8-5-6-10-9-3-1-2-4-11(9)16-12(10)7-8/h1-7H. The average molecular weight is 209 g/mol. The number of azide groups is 1. The highest BCUT2D eigenvalue weighted by Gasteiger charge is 2.05. The molecule has 3 rings (SSSR count). The molecule has 0 saturated heterocycles. The smallest absolute Gasteiger partial charge is 0.135 e. The van der Waals surface area contributed by atoms with E-state index in [-0.39, 0.29) is 0 Å².